The lowest BCUT2D eigenvalue weighted by atomic mass is 9.58. The van der Waals surface area contributed by atoms with Gasteiger partial charge in [0.2, 0.25) is 0 Å². The highest BCUT2D eigenvalue weighted by molar-refractivity contribution is 6.15. The van der Waals surface area contributed by atoms with Crippen molar-refractivity contribution in [2.75, 3.05) is 0 Å². The number of aromatic nitrogens is 5. The fourth-order valence-electron chi connectivity index (χ4n) is 18.0. The summed E-state index contributed by atoms with van der Waals surface area (Å²) in [5.74, 6) is 2.42. The van der Waals surface area contributed by atoms with Gasteiger partial charge in [0.25, 0.3) is 6.33 Å². The van der Waals surface area contributed by atoms with Gasteiger partial charge in [-0.25, -0.2) is 4.98 Å². The van der Waals surface area contributed by atoms with E-state index in [1.165, 1.54) is 118 Å². The highest BCUT2D eigenvalue weighted by Crippen LogP contribution is 2.60. The van der Waals surface area contributed by atoms with E-state index in [2.05, 4.69) is 341 Å². The van der Waals surface area contributed by atoms with Gasteiger partial charge in [-0.3, -0.25) is 13.7 Å². The fourth-order valence-corrected chi connectivity index (χ4v) is 18.0. The molecule has 14 aromatic rings. The number of benzene rings is 10. The van der Waals surface area contributed by atoms with E-state index in [4.69, 9.17) is 9.72 Å². The van der Waals surface area contributed by atoms with E-state index in [1.54, 1.807) is 0 Å². The second kappa shape index (κ2) is 21.4. The Morgan fingerprint density at radius 3 is 1.62 bits per heavy atom. The summed E-state index contributed by atoms with van der Waals surface area (Å²) in [4.78, 5) is 5.22. The van der Waals surface area contributed by atoms with E-state index >= 15 is 0 Å². The molecule has 0 bridgehead atoms. The van der Waals surface area contributed by atoms with Crippen LogP contribution in [0.25, 0.3) is 99.8 Å². The minimum Gasteiger partial charge on any atom is -0.457 e. The SMILES string of the molecule is CC(C)(C)c1ccnc(-n2c3ccccc3c3c4c(c(Oc5cccc(-n6[c-][n+](-c7c(-c8ccc9c(c8)C(C)(C)CCC9(C)C)cccc7-c7ccc8c(c7)C(C)(C)CCC8(C)C)c7ccccc76)c5)cc32)C(C)(C)c2c(ccc3c5ccccc5n(-c5ccccc5)c23)C4(C)C)c1. The maximum Gasteiger partial charge on any atom is 0.269 e. The number of para-hydroxylation sites is 6. The molecule has 0 unspecified atom stereocenters. The van der Waals surface area contributed by atoms with Crippen LogP contribution in [-0.4, -0.2) is 18.7 Å². The van der Waals surface area contributed by atoms with E-state index in [9.17, 15) is 0 Å². The summed E-state index contributed by atoms with van der Waals surface area (Å²) >= 11 is 0. The van der Waals surface area contributed by atoms with E-state index in [0.717, 1.165) is 69.3 Å². The smallest absolute Gasteiger partial charge is 0.269 e. The van der Waals surface area contributed by atoms with Crippen molar-refractivity contribution in [2.45, 2.75) is 167 Å². The third kappa shape index (κ3) is 9.25. The standard InChI is InChI=1S/C92H89N5O/c1-86(2,3)59-45-50-93-79(53-59)97-74-36-22-20-32-67(74)80-77(97)55-78(82-83(80)91(12,13)70-44-41-66-65-31-19-21-35-73(65)96(60-27-17-16-18-28-60)85(66)81(70)92(82,14)15)98-62-30-25-29-61(54-62)94-56-95(76-38-24-23-37-75(76)94)84-63(57-39-42-68-71(51-57)89(8,9)48-46-87(68,4)5)33-26-34-64(84)58-40-43-69-72(52-58)90(10,11)49-47-88(69,6)7/h16-45,50-55H,46-49H2,1-15H3. The first-order valence-electron chi connectivity index (χ1n) is 35.6. The number of imidazole rings is 1. The zero-order valence-corrected chi connectivity index (χ0v) is 59.8. The van der Waals surface area contributed by atoms with E-state index in [-0.39, 0.29) is 27.1 Å². The van der Waals surface area contributed by atoms with E-state index < -0.39 is 10.8 Å². The van der Waals surface area contributed by atoms with Crippen molar-refractivity contribution >= 4 is 54.6 Å². The molecule has 0 amide bonds. The highest BCUT2D eigenvalue weighted by atomic mass is 16.5. The number of ether oxygens (including phenoxy) is 1. The average Bonchev–Trinajstić information content (AvgIpc) is 1.45. The first-order chi connectivity index (χ1) is 46.7. The fraction of sp³-hybridized carbons (Fsp3) is 0.283. The molecule has 0 saturated carbocycles. The maximum atomic E-state index is 7.88. The molecule has 488 valence electrons. The van der Waals surface area contributed by atoms with Crippen LogP contribution in [0.5, 0.6) is 11.5 Å². The minimum absolute atomic E-state index is 0.0310. The molecule has 98 heavy (non-hydrogen) atoms. The van der Waals surface area contributed by atoms with Crippen LogP contribution in [0.3, 0.4) is 0 Å². The Hall–Kier alpha value is -9.78. The van der Waals surface area contributed by atoms with Crippen LogP contribution in [0.4, 0.5) is 0 Å². The highest BCUT2D eigenvalue weighted by Gasteiger charge is 2.48. The summed E-state index contributed by atoms with van der Waals surface area (Å²) in [6.45, 7) is 36.1. The van der Waals surface area contributed by atoms with Gasteiger partial charge in [0, 0.05) is 55.9 Å². The molecule has 3 aliphatic carbocycles. The largest absolute Gasteiger partial charge is 0.457 e. The molecule has 0 N–H and O–H groups in total. The third-order valence-electron chi connectivity index (χ3n) is 23.6. The molecule has 6 nitrogen and oxygen atoms in total. The second-order valence-electron chi connectivity index (χ2n) is 33.5. The molecule has 0 fully saturated rings. The van der Waals surface area contributed by atoms with Crippen molar-refractivity contribution in [2.24, 2.45) is 0 Å². The molecular weight excluding hydrogens is 1190 g/mol. The van der Waals surface area contributed by atoms with Crippen molar-refractivity contribution < 1.29 is 9.30 Å². The van der Waals surface area contributed by atoms with Gasteiger partial charge in [0.1, 0.15) is 17.3 Å². The molecule has 4 aromatic heterocycles. The van der Waals surface area contributed by atoms with Gasteiger partial charge in [-0.2, -0.15) is 0 Å². The molecular formula is C92H89N5O. The maximum absolute atomic E-state index is 7.88. The molecule has 3 aliphatic rings. The summed E-state index contributed by atoms with van der Waals surface area (Å²) in [5, 5.41) is 4.88. The van der Waals surface area contributed by atoms with Crippen molar-refractivity contribution in [3.05, 3.63) is 275 Å². The van der Waals surface area contributed by atoms with Gasteiger partial charge in [0.05, 0.1) is 44.5 Å². The summed E-state index contributed by atoms with van der Waals surface area (Å²) in [6, 6.07) is 79.7. The molecule has 4 heterocycles. The Morgan fingerprint density at radius 1 is 0.429 bits per heavy atom. The molecule has 0 aliphatic heterocycles. The minimum atomic E-state index is -0.607. The van der Waals surface area contributed by atoms with Crippen molar-refractivity contribution in [1.82, 2.24) is 18.7 Å². The normalized spacial score (nSPS) is 17.1. The Bertz CT molecular complexity index is 5550. The molecule has 0 saturated heterocycles. The number of hydrogen-bond donors (Lipinski definition) is 0. The first kappa shape index (κ1) is 61.8. The Balaban J connectivity index is 0.894. The lowest BCUT2D eigenvalue weighted by Gasteiger charge is -2.45. The lowest BCUT2D eigenvalue weighted by Crippen LogP contribution is -2.37. The van der Waals surface area contributed by atoms with Gasteiger partial charge < -0.3 is 9.30 Å². The van der Waals surface area contributed by atoms with Crippen LogP contribution in [0, 0.1) is 6.33 Å². The number of rotatable bonds is 8. The molecule has 17 rings (SSSR count). The molecule has 6 heteroatoms. The third-order valence-corrected chi connectivity index (χ3v) is 23.6. The predicted octanol–water partition coefficient (Wildman–Crippen LogP) is 23.4. The zero-order chi connectivity index (χ0) is 68.0. The first-order valence-corrected chi connectivity index (χ1v) is 35.6. The number of pyridine rings is 1. The van der Waals surface area contributed by atoms with Crippen LogP contribution in [0.1, 0.15) is 180 Å². The van der Waals surface area contributed by atoms with Crippen LogP contribution < -0.4 is 9.30 Å². The molecule has 0 spiro atoms. The van der Waals surface area contributed by atoms with Gasteiger partial charge in [0.15, 0.2) is 0 Å². The average molecular weight is 1280 g/mol. The number of hydrogen-bond acceptors (Lipinski definition) is 2. The van der Waals surface area contributed by atoms with Gasteiger partial charge in [-0.05, 0) is 174 Å². The van der Waals surface area contributed by atoms with Crippen molar-refractivity contribution in [1.29, 1.82) is 0 Å². The van der Waals surface area contributed by atoms with Crippen LogP contribution >= 0.6 is 0 Å². The molecule has 0 radical (unpaired) electrons. The Kier molecular flexibility index (Phi) is 13.5. The second-order valence-corrected chi connectivity index (χ2v) is 33.5. The Labute approximate surface area is 578 Å². The number of nitrogens with zero attached hydrogens (tertiary/aromatic N) is 5. The van der Waals surface area contributed by atoms with Crippen molar-refractivity contribution in [3.8, 4) is 56.6 Å². The predicted molar refractivity (Wildman–Crippen MR) is 407 cm³/mol. The molecule has 0 atom stereocenters. The Morgan fingerprint density at radius 2 is 0.980 bits per heavy atom. The lowest BCUT2D eigenvalue weighted by molar-refractivity contribution is -0.571. The van der Waals surface area contributed by atoms with Gasteiger partial charge >= 0.3 is 0 Å². The van der Waals surface area contributed by atoms with Gasteiger partial charge in [-0.15, -0.1) is 0 Å². The van der Waals surface area contributed by atoms with Crippen LogP contribution in [0.15, 0.2) is 219 Å². The van der Waals surface area contributed by atoms with E-state index in [0.29, 0.717) is 0 Å². The topological polar surface area (TPSA) is 40.8 Å². The van der Waals surface area contributed by atoms with Crippen LogP contribution in [-0.2, 0) is 37.9 Å². The summed E-state index contributed by atoms with van der Waals surface area (Å²) in [7, 11) is 0. The zero-order valence-electron chi connectivity index (χ0n) is 59.8. The summed E-state index contributed by atoms with van der Waals surface area (Å²) in [5.41, 5.74) is 25.7. The molecule has 10 aromatic carbocycles. The van der Waals surface area contributed by atoms with Crippen LogP contribution in [0.2, 0.25) is 0 Å². The summed E-state index contributed by atoms with van der Waals surface area (Å²) < 4.78 is 17.4. The van der Waals surface area contributed by atoms with Gasteiger partial charge in [-0.1, -0.05) is 256 Å². The van der Waals surface area contributed by atoms with Crippen molar-refractivity contribution in [3.63, 3.8) is 0 Å². The quantitative estimate of drug-likeness (QED) is 0.112. The van der Waals surface area contributed by atoms with E-state index in [1.807, 2.05) is 6.20 Å². The monoisotopic (exact) mass is 1280 g/mol. The number of fused-ring (bicyclic) bond motifs is 13. The summed E-state index contributed by atoms with van der Waals surface area (Å²) in [6.07, 6.45) is 10.7.